The summed E-state index contributed by atoms with van der Waals surface area (Å²) < 4.78 is 37.2. The molecule has 260 valence electrons. The Morgan fingerprint density at radius 2 is 1.51 bits per heavy atom. The standard InChI is InChI=1S/C35H46FN3O5S.2ClH/c1-25-28-10-6-7-11-33(28)45-35(2,39(25)40)29-24-27(36)12-13-30(29)44-21-9-8-15-37-17-19-38(20-18-37)16-14-26-22-31(41-3)34(43-5)32(23-26)42-4;;/h6-7,10-13,22-25,39H,8-9,14-21H2,1-5H3;2*1H. The number of nitrogens with one attached hydrogen (secondary N) is 1. The van der Waals surface area contributed by atoms with Gasteiger partial charge in [0.2, 0.25) is 5.75 Å². The van der Waals surface area contributed by atoms with Crippen LogP contribution in [0.4, 0.5) is 4.39 Å². The predicted octanol–water partition coefficient (Wildman–Crippen LogP) is 6.14. The summed E-state index contributed by atoms with van der Waals surface area (Å²) >= 11 is 1.49. The fourth-order valence-corrected chi connectivity index (χ4v) is 7.86. The summed E-state index contributed by atoms with van der Waals surface area (Å²) in [6.45, 7) is 10.5. The van der Waals surface area contributed by atoms with Gasteiger partial charge < -0.3 is 39.0 Å². The molecule has 3 aromatic rings. The van der Waals surface area contributed by atoms with E-state index < -0.39 is 4.87 Å². The molecule has 3 unspecified atom stereocenters. The number of benzene rings is 3. The summed E-state index contributed by atoms with van der Waals surface area (Å²) in [4.78, 5) is 5.15. The second-order valence-corrected chi connectivity index (χ2v) is 13.4. The van der Waals surface area contributed by atoms with E-state index >= 15 is 0 Å². The van der Waals surface area contributed by atoms with Gasteiger partial charge >= 0.3 is 0 Å². The van der Waals surface area contributed by atoms with Gasteiger partial charge in [-0.1, -0.05) is 30.0 Å². The summed E-state index contributed by atoms with van der Waals surface area (Å²) in [5, 5.41) is 13.7. The highest BCUT2D eigenvalue weighted by Gasteiger charge is 2.45. The van der Waals surface area contributed by atoms with Crippen LogP contribution >= 0.6 is 36.6 Å². The summed E-state index contributed by atoms with van der Waals surface area (Å²) in [6, 6.07) is 16.3. The van der Waals surface area contributed by atoms with Gasteiger partial charge in [-0.2, -0.15) is 0 Å². The molecular formula is C35H48Cl2FN3O5S. The quantitative estimate of drug-likeness (QED) is 0.168. The maximum atomic E-state index is 14.5. The first-order valence-corrected chi connectivity index (χ1v) is 16.6. The van der Waals surface area contributed by atoms with Crippen molar-refractivity contribution >= 4 is 36.6 Å². The van der Waals surface area contributed by atoms with Gasteiger partial charge in [-0.15, -0.1) is 24.8 Å². The van der Waals surface area contributed by atoms with Crippen LogP contribution in [-0.4, -0.2) is 77.0 Å². The highest BCUT2D eigenvalue weighted by atomic mass is 35.5. The molecule has 3 atom stereocenters. The van der Waals surface area contributed by atoms with E-state index in [1.807, 2.05) is 50.2 Å². The van der Waals surface area contributed by atoms with Crippen LogP contribution in [0.5, 0.6) is 23.0 Å². The molecule has 2 aliphatic heterocycles. The van der Waals surface area contributed by atoms with Crippen molar-refractivity contribution in [3.8, 4) is 23.0 Å². The number of halogens is 3. The molecule has 0 aliphatic carbocycles. The molecule has 47 heavy (non-hydrogen) atoms. The van der Waals surface area contributed by atoms with Crippen LogP contribution in [0.15, 0.2) is 59.5 Å². The third-order valence-electron chi connectivity index (χ3n) is 9.05. The molecule has 1 fully saturated rings. The number of nitrogens with zero attached hydrogens (tertiary/aromatic N) is 2. The second kappa shape index (κ2) is 17.8. The monoisotopic (exact) mass is 711 g/mol. The lowest BCUT2D eigenvalue weighted by molar-refractivity contribution is -0.923. The van der Waals surface area contributed by atoms with Crippen molar-refractivity contribution in [2.75, 3.05) is 67.2 Å². The molecule has 0 aromatic heterocycles. The Balaban J connectivity index is 0.00000300. The Bertz CT molecular complexity index is 1420. The molecule has 8 nitrogen and oxygen atoms in total. The summed E-state index contributed by atoms with van der Waals surface area (Å²) in [6.07, 6.45) is 2.81. The number of quaternary nitrogens is 1. The Hall–Kier alpha value is -2.44. The maximum Gasteiger partial charge on any atom is 0.203 e. The average molecular weight is 713 g/mol. The van der Waals surface area contributed by atoms with E-state index in [4.69, 9.17) is 18.9 Å². The number of hydrogen-bond acceptors (Lipinski definition) is 8. The van der Waals surface area contributed by atoms with Gasteiger partial charge in [-0.25, -0.2) is 4.39 Å². The largest absolute Gasteiger partial charge is 0.633 e. The molecular weight excluding hydrogens is 664 g/mol. The van der Waals surface area contributed by atoms with Crippen LogP contribution in [0.1, 0.15) is 49.4 Å². The van der Waals surface area contributed by atoms with E-state index in [9.17, 15) is 9.60 Å². The fourth-order valence-electron chi connectivity index (χ4n) is 6.37. The van der Waals surface area contributed by atoms with Gasteiger partial charge in [0.1, 0.15) is 17.6 Å². The van der Waals surface area contributed by atoms with Crippen molar-refractivity contribution in [3.63, 3.8) is 0 Å². The van der Waals surface area contributed by atoms with E-state index in [0.717, 1.165) is 74.6 Å². The smallest absolute Gasteiger partial charge is 0.203 e. The van der Waals surface area contributed by atoms with Gasteiger partial charge in [0, 0.05) is 50.1 Å². The lowest BCUT2D eigenvalue weighted by atomic mass is 10.0. The van der Waals surface area contributed by atoms with Gasteiger partial charge in [0.15, 0.2) is 16.4 Å². The second-order valence-electron chi connectivity index (χ2n) is 11.9. The van der Waals surface area contributed by atoms with Gasteiger partial charge in [-0.05, 0) is 74.7 Å². The van der Waals surface area contributed by atoms with Gasteiger partial charge in [0.25, 0.3) is 0 Å². The zero-order valence-electron chi connectivity index (χ0n) is 27.9. The first-order valence-electron chi connectivity index (χ1n) is 15.8. The zero-order valence-corrected chi connectivity index (χ0v) is 30.3. The first-order chi connectivity index (χ1) is 21.8. The van der Waals surface area contributed by atoms with Crippen molar-refractivity contribution < 1.29 is 28.4 Å². The van der Waals surface area contributed by atoms with Crippen LogP contribution in [0, 0.1) is 11.0 Å². The SMILES string of the molecule is COc1cc(CCN2CCN(CCCCOc3ccc(F)cc3C3(C)Sc4ccccc4C(C)[NH+]3[O-])CC2)cc(OC)c1OC.Cl.Cl. The molecule has 12 heteroatoms. The molecule has 0 radical (unpaired) electrons. The van der Waals surface area contributed by atoms with Gasteiger partial charge in [-0.3, -0.25) is 0 Å². The number of rotatable bonds is 13. The summed E-state index contributed by atoms with van der Waals surface area (Å²) in [5.41, 5.74) is 2.81. The molecule has 2 aliphatic rings. The Morgan fingerprint density at radius 1 is 0.872 bits per heavy atom. The number of hydroxylamine groups is 2. The number of methoxy groups -OCH3 is 3. The van der Waals surface area contributed by atoms with Crippen LogP contribution in [0.3, 0.4) is 0 Å². The minimum Gasteiger partial charge on any atom is -0.633 e. The van der Waals surface area contributed by atoms with Gasteiger partial charge in [0.05, 0.1) is 33.5 Å². The molecule has 0 spiro atoms. The minimum absolute atomic E-state index is 0. The molecule has 0 amide bonds. The number of ether oxygens (including phenoxy) is 4. The van der Waals surface area contributed by atoms with Crippen LogP contribution in [0.25, 0.3) is 0 Å². The molecule has 2 heterocycles. The van der Waals surface area contributed by atoms with E-state index in [0.29, 0.717) is 35.2 Å². The molecule has 0 saturated carbocycles. The molecule has 0 bridgehead atoms. The Morgan fingerprint density at radius 3 is 2.15 bits per heavy atom. The number of thioether (sulfide) groups is 1. The number of fused-ring (bicyclic) bond motifs is 1. The summed E-state index contributed by atoms with van der Waals surface area (Å²) in [7, 11) is 4.91. The molecule has 1 saturated heterocycles. The number of piperazine rings is 1. The van der Waals surface area contributed by atoms with E-state index in [1.165, 1.54) is 23.9 Å². The van der Waals surface area contributed by atoms with E-state index in [-0.39, 0.29) is 41.7 Å². The van der Waals surface area contributed by atoms with Crippen molar-refractivity contribution in [1.29, 1.82) is 0 Å². The normalized spacial score (nSPS) is 21.2. The highest BCUT2D eigenvalue weighted by Crippen LogP contribution is 2.46. The topological polar surface area (TPSA) is 70.9 Å². The lowest BCUT2D eigenvalue weighted by Crippen LogP contribution is -3.14. The molecule has 5 rings (SSSR count). The van der Waals surface area contributed by atoms with Crippen molar-refractivity contribution in [2.45, 2.75) is 48.9 Å². The zero-order chi connectivity index (χ0) is 32.0. The van der Waals surface area contributed by atoms with Crippen molar-refractivity contribution in [1.82, 2.24) is 9.80 Å². The Kier molecular flexibility index (Phi) is 14.8. The molecule has 3 aromatic carbocycles. The number of hydrogen-bond donors (Lipinski definition) is 1. The maximum absolute atomic E-state index is 14.5. The van der Waals surface area contributed by atoms with Crippen LogP contribution < -0.4 is 24.0 Å². The minimum atomic E-state index is -0.920. The highest BCUT2D eigenvalue weighted by molar-refractivity contribution is 8.00. The third kappa shape index (κ3) is 8.97. The van der Waals surface area contributed by atoms with E-state index in [2.05, 4.69) is 9.80 Å². The Labute approximate surface area is 295 Å². The third-order valence-corrected chi connectivity index (χ3v) is 10.5. The van der Waals surface area contributed by atoms with Crippen molar-refractivity contribution in [2.24, 2.45) is 0 Å². The fraction of sp³-hybridized carbons (Fsp3) is 0.486. The predicted molar refractivity (Wildman–Crippen MR) is 191 cm³/mol. The molecule has 1 N–H and O–H groups in total. The van der Waals surface area contributed by atoms with Crippen LogP contribution in [-0.2, 0) is 11.3 Å². The lowest BCUT2D eigenvalue weighted by Gasteiger charge is -2.48. The average Bonchev–Trinajstić information content (AvgIpc) is 3.06. The van der Waals surface area contributed by atoms with E-state index in [1.54, 1.807) is 27.4 Å². The van der Waals surface area contributed by atoms with Crippen LogP contribution in [0.2, 0.25) is 0 Å². The number of unbranched alkanes of at least 4 members (excludes halogenated alkanes) is 1. The first kappa shape index (κ1) is 39.0. The van der Waals surface area contributed by atoms with Crippen molar-refractivity contribution in [3.05, 3.63) is 82.3 Å². The summed E-state index contributed by atoms with van der Waals surface area (Å²) in [5.74, 6) is 2.22.